The van der Waals surface area contributed by atoms with Crippen LogP contribution in [0, 0.1) is 56.7 Å². The number of Topliss-reactive ketones (excluding diaryl/α,β-unsaturated/α-hetero) is 1. The first-order valence-corrected chi connectivity index (χ1v) is 14.1. The van der Waals surface area contributed by atoms with Crippen LogP contribution in [0.25, 0.3) is 0 Å². The van der Waals surface area contributed by atoms with Gasteiger partial charge in [-0.3, -0.25) is 9.59 Å². The third kappa shape index (κ3) is 2.76. The van der Waals surface area contributed by atoms with E-state index in [2.05, 4.69) is 48.1 Å². The molecule has 190 valence electrons. The molecule has 0 heterocycles. The minimum absolute atomic E-state index is 0.0405. The van der Waals surface area contributed by atoms with Gasteiger partial charge < -0.3 is 4.74 Å². The van der Waals surface area contributed by atoms with Crippen molar-refractivity contribution in [2.45, 2.75) is 106 Å². The SMILES string of the molecule is C=C(C)[C@H]1CC[C@@]2(C(=O)OC)CC[C@]3(C)[C@@H](CC[C@@H]4[C@]5(C)CCC(=O)C(C)(C)[C@@H]5CC[C@@]43C)[C@H]12. The highest BCUT2D eigenvalue weighted by Gasteiger charge is 2.72. The van der Waals surface area contributed by atoms with E-state index in [1.165, 1.54) is 31.3 Å². The van der Waals surface area contributed by atoms with Crippen molar-refractivity contribution in [2.75, 3.05) is 7.11 Å². The van der Waals surface area contributed by atoms with E-state index in [0.717, 1.165) is 38.5 Å². The van der Waals surface area contributed by atoms with Crippen LogP contribution in [0.4, 0.5) is 0 Å². The average molecular weight is 469 g/mol. The number of carbonyl (C=O) groups excluding carboxylic acids is 2. The standard InChI is InChI=1S/C31H48O3/c1-19(2)20-11-16-31(26(33)34-8)18-17-29(6)21(25(20)31)9-10-23-28(5)14-13-24(32)27(3,4)22(28)12-15-30(23,29)7/h20-23,25H,1,9-18H2,2-8H3/t20-,21+,22+,23-,25+,28-,29-,30+,31-/m1/s1. The molecule has 0 radical (unpaired) electrons. The van der Waals surface area contributed by atoms with Crippen LogP contribution in [0.5, 0.6) is 0 Å². The van der Waals surface area contributed by atoms with Crippen molar-refractivity contribution in [3.05, 3.63) is 12.2 Å². The van der Waals surface area contributed by atoms with Crippen LogP contribution in [0.3, 0.4) is 0 Å². The van der Waals surface area contributed by atoms with Crippen molar-refractivity contribution in [1.82, 2.24) is 0 Å². The van der Waals surface area contributed by atoms with E-state index < -0.39 is 0 Å². The summed E-state index contributed by atoms with van der Waals surface area (Å²) >= 11 is 0. The molecule has 0 bridgehead atoms. The van der Waals surface area contributed by atoms with Gasteiger partial charge in [-0.25, -0.2) is 0 Å². The number of ether oxygens (including phenoxy) is 1. The zero-order valence-corrected chi connectivity index (χ0v) is 22.9. The predicted octanol–water partition coefficient (Wildman–Crippen LogP) is 7.39. The molecule has 5 rings (SSSR count). The minimum Gasteiger partial charge on any atom is -0.469 e. The maximum Gasteiger partial charge on any atom is 0.312 e. The van der Waals surface area contributed by atoms with Crippen LogP contribution in [0.2, 0.25) is 0 Å². The minimum atomic E-state index is -0.313. The van der Waals surface area contributed by atoms with E-state index in [1.807, 2.05) is 0 Å². The Balaban J connectivity index is 1.57. The van der Waals surface area contributed by atoms with Gasteiger partial charge in [0.25, 0.3) is 0 Å². The number of hydrogen-bond donors (Lipinski definition) is 0. The van der Waals surface area contributed by atoms with Crippen LogP contribution < -0.4 is 0 Å². The van der Waals surface area contributed by atoms with E-state index in [4.69, 9.17) is 4.74 Å². The Morgan fingerprint density at radius 2 is 1.59 bits per heavy atom. The van der Waals surface area contributed by atoms with Crippen molar-refractivity contribution in [1.29, 1.82) is 0 Å². The molecule has 3 heteroatoms. The highest BCUT2D eigenvalue weighted by Crippen LogP contribution is 2.77. The number of hydrogen-bond acceptors (Lipinski definition) is 3. The van der Waals surface area contributed by atoms with Gasteiger partial charge in [-0.15, -0.1) is 0 Å². The van der Waals surface area contributed by atoms with Crippen LogP contribution in [0.15, 0.2) is 12.2 Å². The van der Waals surface area contributed by atoms with Crippen LogP contribution >= 0.6 is 0 Å². The fourth-order valence-electron chi connectivity index (χ4n) is 11.5. The molecular weight excluding hydrogens is 420 g/mol. The van der Waals surface area contributed by atoms with Gasteiger partial charge in [0.15, 0.2) is 0 Å². The topological polar surface area (TPSA) is 43.4 Å². The Kier molecular flexibility index (Phi) is 5.38. The summed E-state index contributed by atoms with van der Waals surface area (Å²) in [5, 5.41) is 0. The van der Waals surface area contributed by atoms with E-state index in [0.29, 0.717) is 35.4 Å². The van der Waals surface area contributed by atoms with E-state index in [1.54, 1.807) is 7.11 Å². The lowest BCUT2D eigenvalue weighted by Gasteiger charge is -2.72. The fraction of sp³-hybridized carbons (Fsp3) is 0.871. The average Bonchev–Trinajstić information content (AvgIpc) is 3.18. The molecule has 0 spiro atoms. The molecule has 0 N–H and O–H groups in total. The van der Waals surface area contributed by atoms with Crippen molar-refractivity contribution >= 4 is 11.8 Å². The van der Waals surface area contributed by atoms with Gasteiger partial charge in [-0.1, -0.05) is 46.8 Å². The summed E-state index contributed by atoms with van der Waals surface area (Å²) in [6.45, 7) is 18.8. The third-order valence-corrected chi connectivity index (χ3v) is 13.4. The summed E-state index contributed by atoms with van der Waals surface area (Å²) in [7, 11) is 1.59. The summed E-state index contributed by atoms with van der Waals surface area (Å²) < 4.78 is 5.49. The smallest absolute Gasteiger partial charge is 0.312 e. The lowest BCUT2D eigenvalue weighted by molar-refractivity contribution is -0.235. The molecular formula is C31H48O3. The first kappa shape index (κ1) is 24.6. The van der Waals surface area contributed by atoms with Crippen molar-refractivity contribution in [3.63, 3.8) is 0 Å². The number of methoxy groups -OCH3 is 1. The molecule has 0 aromatic carbocycles. The molecule has 0 aliphatic heterocycles. The number of esters is 1. The zero-order chi connectivity index (χ0) is 24.9. The van der Waals surface area contributed by atoms with E-state index in [-0.39, 0.29) is 33.0 Å². The number of fused-ring (bicyclic) bond motifs is 7. The first-order valence-electron chi connectivity index (χ1n) is 14.1. The maximum atomic E-state index is 13.3. The lowest BCUT2D eigenvalue weighted by Crippen LogP contribution is -2.66. The Labute approximate surface area is 207 Å². The number of carbonyl (C=O) groups is 2. The molecule has 0 aromatic heterocycles. The summed E-state index contributed by atoms with van der Waals surface area (Å²) in [5.74, 6) is 3.01. The fourth-order valence-corrected chi connectivity index (χ4v) is 11.5. The van der Waals surface area contributed by atoms with Gasteiger partial charge in [0, 0.05) is 11.8 Å². The molecule has 5 aliphatic rings. The molecule has 5 aliphatic carbocycles. The summed E-state index contributed by atoms with van der Waals surface area (Å²) in [5.41, 5.74) is 1.45. The van der Waals surface area contributed by atoms with Crippen molar-refractivity contribution in [3.8, 4) is 0 Å². The van der Waals surface area contributed by atoms with E-state index >= 15 is 0 Å². The van der Waals surface area contributed by atoms with Crippen molar-refractivity contribution < 1.29 is 14.3 Å². The maximum absolute atomic E-state index is 13.3. The lowest BCUT2D eigenvalue weighted by atomic mass is 9.32. The second kappa shape index (κ2) is 7.45. The summed E-state index contributed by atoms with van der Waals surface area (Å²) in [6, 6.07) is 0. The van der Waals surface area contributed by atoms with Crippen LogP contribution in [0.1, 0.15) is 106 Å². The van der Waals surface area contributed by atoms with Gasteiger partial charge in [0.1, 0.15) is 5.78 Å². The first-order chi connectivity index (χ1) is 15.8. The van der Waals surface area contributed by atoms with E-state index in [9.17, 15) is 9.59 Å². The van der Waals surface area contributed by atoms with Gasteiger partial charge in [-0.05, 0) is 111 Å². The number of ketones is 1. The van der Waals surface area contributed by atoms with Gasteiger partial charge >= 0.3 is 5.97 Å². The summed E-state index contributed by atoms with van der Waals surface area (Å²) in [4.78, 5) is 26.3. The molecule has 0 aromatic rings. The Morgan fingerprint density at radius 3 is 2.24 bits per heavy atom. The third-order valence-electron chi connectivity index (χ3n) is 13.4. The second-order valence-electron chi connectivity index (χ2n) is 14.5. The number of allylic oxidation sites excluding steroid dienone is 1. The van der Waals surface area contributed by atoms with Crippen LogP contribution in [-0.4, -0.2) is 18.9 Å². The molecule has 34 heavy (non-hydrogen) atoms. The molecule has 5 saturated carbocycles. The highest BCUT2D eigenvalue weighted by atomic mass is 16.5. The zero-order valence-electron chi connectivity index (χ0n) is 22.9. The van der Waals surface area contributed by atoms with Crippen molar-refractivity contribution in [2.24, 2.45) is 56.7 Å². The Bertz CT molecular complexity index is 918. The quantitative estimate of drug-likeness (QED) is 0.313. The number of rotatable bonds is 2. The van der Waals surface area contributed by atoms with Gasteiger partial charge in [-0.2, -0.15) is 0 Å². The predicted molar refractivity (Wildman–Crippen MR) is 136 cm³/mol. The molecule has 0 unspecified atom stereocenters. The second-order valence-corrected chi connectivity index (χ2v) is 14.5. The van der Waals surface area contributed by atoms with Gasteiger partial charge in [0.05, 0.1) is 12.5 Å². The normalized spacial score (nSPS) is 51.5. The van der Waals surface area contributed by atoms with Gasteiger partial charge in [0.2, 0.25) is 0 Å². The summed E-state index contributed by atoms with van der Waals surface area (Å²) in [6.07, 6.45) is 10.8. The molecule has 9 atom stereocenters. The van der Waals surface area contributed by atoms with Crippen LogP contribution in [-0.2, 0) is 14.3 Å². The highest BCUT2D eigenvalue weighted by molar-refractivity contribution is 5.85. The monoisotopic (exact) mass is 468 g/mol. The molecule has 5 fully saturated rings. The Morgan fingerprint density at radius 1 is 0.882 bits per heavy atom. The molecule has 3 nitrogen and oxygen atoms in total. The largest absolute Gasteiger partial charge is 0.469 e. The Hall–Kier alpha value is -1.12. The molecule has 0 saturated heterocycles. The molecule has 0 amide bonds.